The van der Waals surface area contributed by atoms with Crippen LogP contribution in [0.3, 0.4) is 0 Å². The normalized spacial score (nSPS) is 16.1. The zero-order valence-electron chi connectivity index (χ0n) is 12.6. The number of halogens is 2. The van der Waals surface area contributed by atoms with Gasteiger partial charge >= 0.3 is 0 Å². The highest BCUT2D eigenvalue weighted by Gasteiger charge is 2.41. The van der Waals surface area contributed by atoms with Crippen LogP contribution in [0.1, 0.15) is 11.8 Å². The Hall–Kier alpha value is -1.45. The Bertz CT molecular complexity index is 1030. The van der Waals surface area contributed by atoms with Crippen molar-refractivity contribution in [2.75, 3.05) is 13.1 Å². The number of nitrogens with zero attached hydrogens (tertiary/aromatic N) is 3. The van der Waals surface area contributed by atoms with E-state index in [1.807, 2.05) is 6.07 Å². The molecule has 1 aromatic carbocycles. The lowest BCUT2D eigenvalue weighted by atomic mass is 10.0. The summed E-state index contributed by atoms with van der Waals surface area (Å²) in [5.41, 5.74) is 0.750. The molecule has 1 saturated heterocycles. The van der Waals surface area contributed by atoms with E-state index in [-0.39, 0.29) is 10.1 Å². The minimum atomic E-state index is -3.51. The van der Waals surface area contributed by atoms with E-state index in [0.29, 0.717) is 34.2 Å². The number of thiophene rings is 1. The first-order chi connectivity index (χ1) is 11.9. The smallest absolute Gasteiger partial charge is 0.252 e. The molecule has 0 amide bonds. The first-order valence-electron chi connectivity index (χ1n) is 7.28. The molecule has 1 aliphatic heterocycles. The van der Waals surface area contributed by atoms with Gasteiger partial charge in [0.1, 0.15) is 4.21 Å². The minimum absolute atomic E-state index is 0.120. The minimum Gasteiger partial charge on any atom is -0.339 e. The summed E-state index contributed by atoms with van der Waals surface area (Å²) in [4.78, 5) is 4.36. The monoisotopic (exact) mass is 415 g/mol. The van der Waals surface area contributed by atoms with E-state index in [0.717, 1.165) is 16.9 Å². The van der Waals surface area contributed by atoms with Gasteiger partial charge in [0, 0.05) is 23.7 Å². The highest BCUT2D eigenvalue weighted by Crippen LogP contribution is 2.35. The van der Waals surface area contributed by atoms with Gasteiger partial charge in [-0.25, -0.2) is 8.42 Å². The van der Waals surface area contributed by atoms with Crippen molar-refractivity contribution in [3.05, 3.63) is 51.6 Å². The SMILES string of the molecule is O=S(=O)(c1ccc(Cl)s1)N1CC(c2nc(-c3cccc(Cl)c3)no2)C1. The summed E-state index contributed by atoms with van der Waals surface area (Å²) in [7, 11) is -3.51. The molecule has 1 fully saturated rings. The number of benzene rings is 1. The van der Waals surface area contributed by atoms with Crippen LogP contribution in [-0.4, -0.2) is 36.0 Å². The standard InChI is InChI=1S/C15H11Cl2N3O3S2/c16-11-3-1-2-9(6-11)14-18-15(23-19-14)10-7-20(8-10)25(21,22)13-5-4-12(17)24-13/h1-6,10H,7-8H2. The summed E-state index contributed by atoms with van der Waals surface area (Å²) in [6, 6.07) is 10.2. The first kappa shape index (κ1) is 17.0. The van der Waals surface area contributed by atoms with Gasteiger partial charge in [-0.2, -0.15) is 9.29 Å². The molecule has 0 bridgehead atoms. The van der Waals surface area contributed by atoms with Gasteiger partial charge < -0.3 is 4.52 Å². The number of aromatic nitrogens is 2. The van der Waals surface area contributed by atoms with E-state index in [2.05, 4.69) is 10.1 Å². The third-order valence-electron chi connectivity index (χ3n) is 3.86. The number of hydrogen-bond acceptors (Lipinski definition) is 6. The van der Waals surface area contributed by atoms with Crippen LogP contribution >= 0.6 is 34.5 Å². The van der Waals surface area contributed by atoms with E-state index in [9.17, 15) is 8.42 Å². The molecule has 0 saturated carbocycles. The van der Waals surface area contributed by atoms with Crippen molar-refractivity contribution in [3.63, 3.8) is 0 Å². The Kier molecular flexibility index (Phi) is 4.33. The van der Waals surface area contributed by atoms with Gasteiger partial charge in [-0.15, -0.1) is 11.3 Å². The molecule has 0 atom stereocenters. The number of rotatable bonds is 4. The van der Waals surface area contributed by atoms with Crippen molar-refractivity contribution in [2.45, 2.75) is 10.1 Å². The molecular formula is C15H11Cl2N3O3S2. The highest BCUT2D eigenvalue weighted by molar-refractivity contribution is 7.91. The topological polar surface area (TPSA) is 76.3 Å². The summed E-state index contributed by atoms with van der Waals surface area (Å²) in [6.45, 7) is 0.601. The molecule has 3 aromatic rings. The van der Waals surface area contributed by atoms with Crippen LogP contribution in [0, 0.1) is 0 Å². The summed E-state index contributed by atoms with van der Waals surface area (Å²) in [5.74, 6) is 0.736. The second kappa shape index (κ2) is 6.37. The maximum absolute atomic E-state index is 12.5. The molecule has 0 N–H and O–H groups in total. The average Bonchev–Trinajstić information content (AvgIpc) is 3.15. The van der Waals surface area contributed by atoms with Crippen LogP contribution < -0.4 is 0 Å². The van der Waals surface area contributed by atoms with Crippen LogP contribution in [0.4, 0.5) is 0 Å². The molecular weight excluding hydrogens is 405 g/mol. The van der Waals surface area contributed by atoms with Gasteiger partial charge in [0.25, 0.3) is 10.0 Å². The van der Waals surface area contributed by atoms with Crippen LogP contribution in [0.25, 0.3) is 11.4 Å². The predicted octanol–water partition coefficient (Wildman–Crippen LogP) is 3.89. The largest absolute Gasteiger partial charge is 0.339 e. The molecule has 130 valence electrons. The maximum Gasteiger partial charge on any atom is 0.252 e. The average molecular weight is 416 g/mol. The van der Waals surface area contributed by atoms with Gasteiger partial charge in [0.05, 0.1) is 10.3 Å². The summed E-state index contributed by atoms with van der Waals surface area (Å²) >= 11 is 12.8. The molecule has 2 aromatic heterocycles. The lowest BCUT2D eigenvalue weighted by Crippen LogP contribution is -2.48. The van der Waals surface area contributed by atoms with Crippen molar-refractivity contribution in [3.8, 4) is 11.4 Å². The fourth-order valence-corrected chi connectivity index (χ4v) is 5.86. The highest BCUT2D eigenvalue weighted by atomic mass is 35.5. The molecule has 4 rings (SSSR count). The molecule has 10 heteroatoms. The van der Waals surface area contributed by atoms with Crippen molar-refractivity contribution < 1.29 is 12.9 Å². The zero-order chi connectivity index (χ0) is 17.6. The fraction of sp³-hybridized carbons (Fsp3) is 0.200. The second-order valence-electron chi connectivity index (χ2n) is 5.54. The Morgan fingerprint density at radius 3 is 2.68 bits per heavy atom. The molecule has 0 aliphatic carbocycles. The van der Waals surface area contributed by atoms with Crippen molar-refractivity contribution >= 4 is 44.6 Å². The van der Waals surface area contributed by atoms with Crippen molar-refractivity contribution in [1.29, 1.82) is 0 Å². The number of sulfonamides is 1. The molecule has 1 aliphatic rings. The Labute approximate surface area is 158 Å². The molecule has 6 nitrogen and oxygen atoms in total. The van der Waals surface area contributed by atoms with E-state index < -0.39 is 10.0 Å². The third kappa shape index (κ3) is 3.20. The summed E-state index contributed by atoms with van der Waals surface area (Å²) in [5, 5.41) is 4.53. The van der Waals surface area contributed by atoms with Crippen LogP contribution in [-0.2, 0) is 10.0 Å². The second-order valence-corrected chi connectivity index (χ2v) is 9.86. The van der Waals surface area contributed by atoms with Crippen LogP contribution in [0.5, 0.6) is 0 Å². The van der Waals surface area contributed by atoms with Crippen LogP contribution in [0.2, 0.25) is 9.36 Å². The molecule has 25 heavy (non-hydrogen) atoms. The first-order valence-corrected chi connectivity index (χ1v) is 10.3. The van der Waals surface area contributed by atoms with E-state index in [1.54, 1.807) is 24.3 Å². The number of hydrogen-bond donors (Lipinski definition) is 0. The Morgan fingerprint density at radius 2 is 2.00 bits per heavy atom. The molecule has 0 unspecified atom stereocenters. The zero-order valence-corrected chi connectivity index (χ0v) is 15.7. The van der Waals surface area contributed by atoms with Crippen molar-refractivity contribution in [1.82, 2.24) is 14.4 Å². The van der Waals surface area contributed by atoms with Gasteiger partial charge in [-0.3, -0.25) is 0 Å². The maximum atomic E-state index is 12.5. The van der Waals surface area contributed by atoms with E-state index in [4.69, 9.17) is 27.7 Å². The fourth-order valence-electron chi connectivity index (χ4n) is 2.50. The van der Waals surface area contributed by atoms with E-state index in [1.165, 1.54) is 10.4 Å². The quantitative estimate of drug-likeness (QED) is 0.645. The summed E-state index contributed by atoms with van der Waals surface area (Å²) in [6.07, 6.45) is 0. The lowest BCUT2D eigenvalue weighted by molar-refractivity contribution is 0.217. The summed E-state index contributed by atoms with van der Waals surface area (Å²) < 4.78 is 32.3. The van der Waals surface area contributed by atoms with Crippen molar-refractivity contribution in [2.24, 2.45) is 0 Å². The van der Waals surface area contributed by atoms with Gasteiger partial charge in [-0.1, -0.05) is 40.5 Å². The van der Waals surface area contributed by atoms with Gasteiger partial charge in [-0.05, 0) is 24.3 Å². The van der Waals surface area contributed by atoms with Gasteiger partial charge in [0.15, 0.2) is 0 Å². The molecule has 0 radical (unpaired) electrons. The van der Waals surface area contributed by atoms with E-state index >= 15 is 0 Å². The molecule has 0 spiro atoms. The predicted molar refractivity (Wildman–Crippen MR) is 95.6 cm³/mol. The van der Waals surface area contributed by atoms with Crippen LogP contribution in [0.15, 0.2) is 45.1 Å². The Morgan fingerprint density at radius 1 is 1.20 bits per heavy atom. The molecule has 3 heterocycles. The lowest BCUT2D eigenvalue weighted by Gasteiger charge is -2.35. The van der Waals surface area contributed by atoms with Gasteiger partial charge in [0.2, 0.25) is 11.7 Å². The third-order valence-corrected chi connectivity index (χ3v) is 7.63. The Balaban J connectivity index is 1.48.